The number of benzene rings is 1. The fourth-order valence-corrected chi connectivity index (χ4v) is 1.76. The quantitative estimate of drug-likeness (QED) is 0.680. The van der Waals surface area contributed by atoms with E-state index in [2.05, 4.69) is 42.7 Å². The minimum atomic E-state index is 0.831. The maximum absolute atomic E-state index is 4.99. The summed E-state index contributed by atoms with van der Waals surface area (Å²) in [5.74, 6) is 0. The van der Waals surface area contributed by atoms with Crippen molar-refractivity contribution in [3.63, 3.8) is 0 Å². The Morgan fingerprint density at radius 3 is 2.65 bits per heavy atom. The maximum Gasteiger partial charge on any atom is 0.0474 e. The molecule has 0 saturated carbocycles. The second-order valence-corrected chi connectivity index (χ2v) is 4.34. The van der Waals surface area contributed by atoms with Gasteiger partial charge in [-0.25, -0.2) is 0 Å². The number of anilines is 1. The number of hydrogen-bond donors (Lipinski definition) is 2. The fourth-order valence-electron chi connectivity index (χ4n) is 1.76. The maximum atomic E-state index is 4.99. The second-order valence-electron chi connectivity index (χ2n) is 4.34. The van der Waals surface area contributed by atoms with Gasteiger partial charge in [0.2, 0.25) is 0 Å². The Balaban J connectivity index is 2.14. The molecule has 1 aromatic carbocycles. The summed E-state index contributed by atoms with van der Waals surface area (Å²) >= 11 is 0. The van der Waals surface area contributed by atoms with Gasteiger partial charge in [-0.15, -0.1) is 0 Å². The van der Waals surface area contributed by atoms with Crippen LogP contribution in [0, 0.1) is 13.8 Å². The number of methoxy groups -OCH3 is 1. The van der Waals surface area contributed by atoms with Gasteiger partial charge < -0.3 is 15.4 Å². The number of rotatable bonds is 8. The Bertz CT molecular complexity index is 326. The molecule has 0 unspecified atom stereocenters. The minimum Gasteiger partial charge on any atom is -0.385 e. The van der Waals surface area contributed by atoms with E-state index in [1.54, 1.807) is 7.11 Å². The molecule has 0 bridgehead atoms. The molecule has 0 aliphatic rings. The van der Waals surface area contributed by atoms with E-state index in [-0.39, 0.29) is 0 Å². The lowest BCUT2D eigenvalue weighted by molar-refractivity contribution is 0.194. The van der Waals surface area contributed by atoms with E-state index in [0.29, 0.717) is 0 Å². The van der Waals surface area contributed by atoms with Crippen LogP contribution in [0.15, 0.2) is 18.2 Å². The van der Waals surface area contributed by atoms with Crippen molar-refractivity contribution in [2.75, 3.05) is 38.7 Å². The summed E-state index contributed by atoms with van der Waals surface area (Å²) in [5.41, 5.74) is 3.85. The molecule has 96 valence electrons. The monoisotopic (exact) mass is 236 g/mol. The Hall–Kier alpha value is -1.06. The topological polar surface area (TPSA) is 33.3 Å². The summed E-state index contributed by atoms with van der Waals surface area (Å²) in [6.45, 7) is 8.04. The average molecular weight is 236 g/mol. The molecule has 0 heterocycles. The first-order valence-electron chi connectivity index (χ1n) is 6.25. The predicted molar refractivity (Wildman–Crippen MR) is 73.8 cm³/mol. The molecule has 0 aromatic heterocycles. The molecule has 2 N–H and O–H groups in total. The Morgan fingerprint density at radius 1 is 1.12 bits per heavy atom. The van der Waals surface area contributed by atoms with Crippen molar-refractivity contribution in [1.29, 1.82) is 0 Å². The molecule has 0 fully saturated rings. The van der Waals surface area contributed by atoms with Crippen LogP contribution in [0.25, 0.3) is 0 Å². The highest BCUT2D eigenvalue weighted by atomic mass is 16.5. The highest BCUT2D eigenvalue weighted by molar-refractivity contribution is 5.51. The SMILES string of the molecule is COCCCNCCNc1ccc(C)cc1C. The van der Waals surface area contributed by atoms with Crippen LogP contribution in [-0.4, -0.2) is 33.4 Å². The van der Waals surface area contributed by atoms with E-state index in [1.165, 1.54) is 16.8 Å². The van der Waals surface area contributed by atoms with Crippen LogP contribution in [-0.2, 0) is 4.74 Å². The van der Waals surface area contributed by atoms with Crippen LogP contribution in [0.4, 0.5) is 5.69 Å². The van der Waals surface area contributed by atoms with Gasteiger partial charge >= 0.3 is 0 Å². The molecule has 3 heteroatoms. The first kappa shape index (κ1) is 14.0. The summed E-state index contributed by atoms with van der Waals surface area (Å²) in [5, 5.41) is 6.82. The van der Waals surface area contributed by atoms with E-state index >= 15 is 0 Å². The van der Waals surface area contributed by atoms with Crippen LogP contribution in [0.1, 0.15) is 17.5 Å². The third-order valence-electron chi connectivity index (χ3n) is 2.70. The van der Waals surface area contributed by atoms with E-state index in [9.17, 15) is 0 Å². The molecule has 0 atom stereocenters. The zero-order valence-electron chi connectivity index (χ0n) is 11.2. The van der Waals surface area contributed by atoms with Gasteiger partial charge in [-0.1, -0.05) is 17.7 Å². The Kier molecular flexibility index (Phi) is 6.67. The van der Waals surface area contributed by atoms with Gasteiger partial charge in [0.25, 0.3) is 0 Å². The molecule has 0 spiro atoms. The van der Waals surface area contributed by atoms with Gasteiger partial charge in [0.1, 0.15) is 0 Å². The van der Waals surface area contributed by atoms with Crippen molar-refractivity contribution in [2.24, 2.45) is 0 Å². The van der Waals surface area contributed by atoms with Crippen LogP contribution in [0.5, 0.6) is 0 Å². The van der Waals surface area contributed by atoms with Gasteiger partial charge in [0.15, 0.2) is 0 Å². The normalized spacial score (nSPS) is 10.5. The van der Waals surface area contributed by atoms with Gasteiger partial charge in [0, 0.05) is 32.5 Å². The fraction of sp³-hybridized carbons (Fsp3) is 0.571. The van der Waals surface area contributed by atoms with Crippen LogP contribution >= 0.6 is 0 Å². The van der Waals surface area contributed by atoms with Crippen molar-refractivity contribution in [2.45, 2.75) is 20.3 Å². The molecule has 0 aliphatic heterocycles. The smallest absolute Gasteiger partial charge is 0.0474 e. The van der Waals surface area contributed by atoms with Crippen LogP contribution < -0.4 is 10.6 Å². The molecule has 1 aromatic rings. The first-order valence-corrected chi connectivity index (χ1v) is 6.25. The molecular formula is C14H24N2O. The third kappa shape index (κ3) is 5.71. The molecular weight excluding hydrogens is 212 g/mol. The van der Waals surface area contributed by atoms with Crippen molar-refractivity contribution in [1.82, 2.24) is 5.32 Å². The molecule has 0 aliphatic carbocycles. The third-order valence-corrected chi connectivity index (χ3v) is 2.70. The van der Waals surface area contributed by atoms with Crippen molar-refractivity contribution >= 4 is 5.69 Å². The number of hydrogen-bond acceptors (Lipinski definition) is 3. The lowest BCUT2D eigenvalue weighted by Crippen LogP contribution is -2.24. The lowest BCUT2D eigenvalue weighted by atomic mass is 10.1. The number of aryl methyl sites for hydroxylation is 2. The van der Waals surface area contributed by atoms with Crippen molar-refractivity contribution in [3.8, 4) is 0 Å². The average Bonchev–Trinajstić information content (AvgIpc) is 2.30. The molecule has 0 amide bonds. The highest BCUT2D eigenvalue weighted by Gasteiger charge is 1.96. The molecule has 0 radical (unpaired) electrons. The summed E-state index contributed by atoms with van der Waals surface area (Å²) in [7, 11) is 1.74. The summed E-state index contributed by atoms with van der Waals surface area (Å²) in [4.78, 5) is 0. The zero-order chi connectivity index (χ0) is 12.5. The highest BCUT2D eigenvalue weighted by Crippen LogP contribution is 2.15. The first-order chi connectivity index (χ1) is 8.24. The minimum absolute atomic E-state index is 0.831. The van der Waals surface area contributed by atoms with Crippen molar-refractivity contribution in [3.05, 3.63) is 29.3 Å². The van der Waals surface area contributed by atoms with Crippen LogP contribution in [0.3, 0.4) is 0 Å². The molecule has 0 saturated heterocycles. The van der Waals surface area contributed by atoms with E-state index in [1.807, 2.05) is 0 Å². The molecule has 17 heavy (non-hydrogen) atoms. The second kappa shape index (κ2) is 8.09. The summed E-state index contributed by atoms with van der Waals surface area (Å²) in [6, 6.07) is 6.49. The number of nitrogens with one attached hydrogen (secondary N) is 2. The zero-order valence-corrected chi connectivity index (χ0v) is 11.2. The standard InChI is InChI=1S/C14H24N2O/c1-12-5-6-14(13(2)11-12)16-9-8-15-7-4-10-17-3/h5-6,11,15-16H,4,7-10H2,1-3H3. The Labute approximate surface area is 105 Å². The summed E-state index contributed by atoms with van der Waals surface area (Å²) in [6.07, 6.45) is 1.07. The predicted octanol–water partition coefficient (Wildman–Crippen LogP) is 2.34. The van der Waals surface area contributed by atoms with Gasteiger partial charge in [-0.3, -0.25) is 0 Å². The van der Waals surface area contributed by atoms with Gasteiger partial charge in [0.05, 0.1) is 0 Å². The van der Waals surface area contributed by atoms with Gasteiger partial charge in [-0.2, -0.15) is 0 Å². The Morgan fingerprint density at radius 2 is 1.94 bits per heavy atom. The molecule has 3 nitrogen and oxygen atoms in total. The van der Waals surface area contributed by atoms with Crippen LogP contribution in [0.2, 0.25) is 0 Å². The van der Waals surface area contributed by atoms with Crippen molar-refractivity contribution < 1.29 is 4.74 Å². The molecule has 1 rings (SSSR count). The van der Waals surface area contributed by atoms with E-state index in [4.69, 9.17) is 4.74 Å². The lowest BCUT2D eigenvalue weighted by Gasteiger charge is -2.10. The largest absolute Gasteiger partial charge is 0.385 e. The summed E-state index contributed by atoms with van der Waals surface area (Å²) < 4.78 is 4.99. The van der Waals surface area contributed by atoms with E-state index in [0.717, 1.165) is 32.7 Å². The van der Waals surface area contributed by atoms with Gasteiger partial charge in [-0.05, 0) is 38.4 Å². The number of ether oxygens (including phenoxy) is 1. The van der Waals surface area contributed by atoms with E-state index < -0.39 is 0 Å².